The van der Waals surface area contributed by atoms with Crippen LogP contribution in [0, 0.1) is 71.0 Å². The molecule has 4 heteroatoms. The van der Waals surface area contributed by atoms with Gasteiger partial charge in [0.05, 0.1) is 6.10 Å². The maximum Gasteiger partial charge on any atom is 0.303 e. The predicted octanol–water partition coefficient (Wildman–Crippen LogP) is 4.85. The molecule has 0 amide bonds. The number of carbonyl (C=O) groups is 2. The SMILES string of the molecule is CC(=O)O[C@@H]1C=C[C@H]2[C@@H]1[C@H]1C=C[C@@H]2C1.O=C1C=C[C@H]2[C@@H]1[C@H]1C=C[C@@H]2C1.O[C@@H]1C=C[C@H]2[C@@H]1[C@H]1C=C[C@@H]2C1. The number of fused-ring (bicyclic) bond motifs is 15. The van der Waals surface area contributed by atoms with Crippen LogP contribution in [0.4, 0.5) is 0 Å². The van der Waals surface area contributed by atoms with Crippen LogP contribution >= 0.6 is 0 Å². The maximum atomic E-state index is 11.3. The molecule has 0 aromatic heterocycles. The van der Waals surface area contributed by atoms with Crippen molar-refractivity contribution >= 4 is 11.8 Å². The van der Waals surface area contributed by atoms with Crippen molar-refractivity contribution in [3.63, 3.8) is 0 Å². The van der Waals surface area contributed by atoms with Crippen molar-refractivity contribution in [1.29, 1.82) is 0 Å². The summed E-state index contributed by atoms with van der Waals surface area (Å²) in [6.45, 7) is 1.49. The van der Waals surface area contributed by atoms with E-state index in [-0.39, 0.29) is 18.2 Å². The number of hydrogen-bond acceptors (Lipinski definition) is 4. The van der Waals surface area contributed by atoms with Crippen molar-refractivity contribution in [2.45, 2.75) is 38.4 Å². The molecule has 6 bridgehead atoms. The minimum Gasteiger partial charge on any atom is -0.458 e. The molecule has 9 aliphatic carbocycles. The molecule has 3 saturated carbocycles. The number of ketones is 1. The van der Waals surface area contributed by atoms with E-state index < -0.39 is 0 Å². The summed E-state index contributed by atoms with van der Waals surface area (Å²) in [5.41, 5.74) is 0. The van der Waals surface area contributed by atoms with Gasteiger partial charge in [-0.1, -0.05) is 60.8 Å². The Morgan fingerprint density at radius 3 is 1.92 bits per heavy atom. The number of hydrogen-bond donors (Lipinski definition) is 1. The predicted molar refractivity (Wildman–Crippen MR) is 137 cm³/mol. The summed E-state index contributed by atoms with van der Waals surface area (Å²) in [5, 5.41) is 9.60. The molecule has 9 aliphatic rings. The summed E-state index contributed by atoms with van der Waals surface area (Å²) in [5.74, 6) is 7.52. The van der Waals surface area contributed by atoms with Gasteiger partial charge in [0.15, 0.2) is 5.78 Å². The molecular formula is C32H36O4. The second-order valence-corrected chi connectivity index (χ2v) is 12.4. The zero-order valence-electron chi connectivity index (χ0n) is 20.8. The summed E-state index contributed by atoms with van der Waals surface area (Å²) in [6, 6.07) is 0. The molecule has 188 valence electrons. The minimum absolute atomic E-state index is 0.0393. The van der Waals surface area contributed by atoms with Crippen molar-refractivity contribution in [2.75, 3.05) is 0 Å². The van der Waals surface area contributed by atoms with Gasteiger partial charge in [0.25, 0.3) is 0 Å². The van der Waals surface area contributed by atoms with Gasteiger partial charge in [0.1, 0.15) is 6.10 Å². The fraction of sp³-hybridized carbons (Fsp3) is 0.562. The third-order valence-electron chi connectivity index (χ3n) is 10.6. The van der Waals surface area contributed by atoms with Gasteiger partial charge in [-0.3, -0.25) is 9.59 Å². The third-order valence-corrected chi connectivity index (χ3v) is 10.6. The average molecular weight is 485 g/mol. The monoisotopic (exact) mass is 484 g/mol. The highest BCUT2D eigenvalue weighted by atomic mass is 16.5. The summed E-state index contributed by atoms with van der Waals surface area (Å²) in [6.07, 6.45) is 29.8. The molecule has 0 aromatic rings. The maximum absolute atomic E-state index is 11.3. The van der Waals surface area contributed by atoms with Crippen LogP contribution in [-0.2, 0) is 14.3 Å². The van der Waals surface area contributed by atoms with Crippen LogP contribution in [0.1, 0.15) is 26.2 Å². The van der Waals surface area contributed by atoms with Crippen molar-refractivity contribution in [1.82, 2.24) is 0 Å². The Morgan fingerprint density at radius 2 is 1.25 bits per heavy atom. The Hall–Kier alpha value is -2.46. The number of aliphatic hydroxyl groups is 1. The van der Waals surface area contributed by atoms with Gasteiger partial charge in [-0.05, 0) is 84.7 Å². The van der Waals surface area contributed by atoms with E-state index in [9.17, 15) is 14.7 Å². The van der Waals surface area contributed by atoms with Gasteiger partial charge in [0.2, 0.25) is 0 Å². The Bertz CT molecular complexity index is 1120. The second kappa shape index (κ2) is 8.55. The largest absolute Gasteiger partial charge is 0.458 e. The van der Waals surface area contributed by atoms with Crippen LogP contribution in [0.3, 0.4) is 0 Å². The first-order valence-electron chi connectivity index (χ1n) is 14.0. The average Bonchev–Trinajstić information content (AvgIpc) is 3.70. The fourth-order valence-electron chi connectivity index (χ4n) is 9.17. The van der Waals surface area contributed by atoms with Crippen molar-refractivity contribution in [3.8, 4) is 0 Å². The number of rotatable bonds is 1. The number of esters is 1. The molecule has 0 aromatic carbocycles. The van der Waals surface area contributed by atoms with E-state index in [2.05, 4.69) is 60.8 Å². The van der Waals surface area contributed by atoms with E-state index in [0.29, 0.717) is 70.9 Å². The minimum atomic E-state index is -0.160. The summed E-state index contributed by atoms with van der Waals surface area (Å²) >= 11 is 0. The van der Waals surface area contributed by atoms with E-state index in [1.54, 1.807) is 6.08 Å². The Kier molecular flexibility index (Phi) is 5.39. The molecule has 36 heavy (non-hydrogen) atoms. The zero-order chi connectivity index (χ0) is 24.6. The van der Waals surface area contributed by atoms with Gasteiger partial charge in [0, 0.05) is 24.7 Å². The van der Waals surface area contributed by atoms with E-state index in [1.165, 1.54) is 26.2 Å². The molecule has 0 aliphatic heterocycles. The van der Waals surface area contributed by atoms with Gasteiger partial charge in [-0.15, -0.1) is 0 Å². The molecule has 14 atom stereocenters. The smallest absolute Gasteiger partial charge is 0.303 e. The van der Waals surface area contributed by atoms with Crippen molar-refractivity contribution in [3.05, 3.63) is 72.9 Å². The molecular weight excluding hydrogens is 448 g/mol. The molecule has 9 rings (SSSR count). The second-order valence-electron chi connectivity index (χ2n) is 12.4. The van der Waals surface area contributed by atoms with Crippen LogP contribution in [0.2, 0.25) is 0 Å². The molecule has 1 N–H and O–H groups in total. The highest BCUT2D eigenvalue weighted by Gasteiger charge is 2.50. The van der Waals surface area contributed by atoms with Crippen LogP contribution in [0.15, 0.2) is 72.9 Å². The summed E-state index contributed by atoms with van der Waals surface area (Å²) in [7, 11) is 0. The van der Waals surface area contributed by atoms with Crippen LogP contribution < -0.4 is 0 Å². The normalized spacial score (nSPS) is 51.3. The Labute approximate surface area is 213 Å². The van der Waals surface area contributed by atoms with Crippen LogP contribution in [0.5, 0.6) is 0 Å². The molecule has 3 fully saturated rings. The van der Waals surface area contributed by atoms with Gasteiger partial charge in [-0.2, -0.15) is 0 Å². The highest BCUT2D eigenvalue weighted by Crippen LogP contribution is 2.54. The zero-order valence-corrected chi connectivity index (χ0v) is 20.8. The first kappa shape index (κ1) is 22.7. The van der Waals surface area contributed by atoms with Gasteiger partial charge >= 0.3 is 5.97 Å². The lowest BCUT2D eigenvalue weighted by atomic mass is 9.84. The van der Waals surface area contributed by atoms with E-state index in [0.717, 1.165) is 5.92 Å². The van der Waals surface area contributed by atoms with Gasteiger partial charge in [-0.25, -0.2) is 0 Å². The summed E-state index contributed by atoms with van der Waals surface area (Å²) < 4.78 is 5.32. The van der Waals surface area contributed by atoms with E-state index >= 15 is 0 Å². The quantitative estimate of drug-likeness (QED) is 0.427. The molecule has 0 radical (unpaired) electrons. The number of carbonyl (C=O) groups excluding carboxylic acids is 2. The Morgan fingerprint density at radius 1 is 0.694 bits per heavy atom. The lowest BCUT2D eigenvalue weighted by molar-refractivity contribution is -0.146. The van der Waals surface area contributed by atoms with Crippen LogP contribution in [0.25, 0.3) is 0 Å². The molecule has 4 nitrogen and oxygen atoms in total. The number of aliphatic hydroxyl groups excluding tert-OH is 1. The first-order valence-corrected chi connectivity index (χ1v) is 14.0. The standard InChI is InChI=1S/C12H14O2.C10H12O.C10H10O/c1-7(13)14-11-5-4-10-8-2-3-9(6-8)12(10)11;2*11-9-4-3-8-6-1-2-7(5-6)10(8)9/h2-5,8-12H,6H2,1H3;1-4,6-11H,5H2;1-4,6-8,10H,5H2/t8-,9+,10-,11-,12+;6-,7+,8-,9-,10+;6-,7+,8-,10+/m111/s1. The lowest BCUT2D eigenvalue weighted by Crippen LogP contribution is -2.27. The fourth-order valence-corrected chi connectivity index (χ4v) is 9.17. The van der Waals surface area contributed by atoms with E-state index in [1.807, 2.05) is 6.08 Å². The molecule has 0 saturated heterocycles. The summed E-state index contributed by atoms with van der Waals surface area (Å²) in [4.78, 5) is 22.2. The van der Waals surface area contributed by atoms with Crippen LogP contribution in [-0.4, -0.2) is 29.1 Å². The molecule has 0 spiro atoms. The van der Waals surface area contributed by atoms with Crippen molar-refractivity contribution < 1.29 is 19.4 Å². The topological polar surface area (TPSA) is 63.6 Å². The highest BCUT2D eigenvalue weighted by molar-refractivity contribution is 5.95. The molecule has 0 unspecified atom stereocenters. The first-order chi connectivity index (χ1) is 17.5. The lowest BCUT2D eigenvalue weighted by Gasteiger charge is -2.25. The molecule has 0 heterocycles. The third kappa shape index (κ3) is 3.51. The van der Waals surface area contributed by atoms with E-state index in [4.69, 9.17) is 4.74 Å². The number of ether oxygens (including phenoxy) is 1. The van der Waals surface area contributed by atoms with Crippen molar-refractivity contribution in [2.24, 2.45) is 71.0 Å². The van der Waals surface area contributed by atoms with Gasteiger partial charge < -0.3 is 9.84 Å². The number of allylic oxidation sites excluding steroid dienone is 10. The Balaban J connectivity index is 0.0000000928.